The zero-order valence-corrected chi connectivity index (χ0v) is 15.1. The van der Waals surface area contributed by atoms with Gasteiger partial charge in [-0.05, 0) is 42.5 Å². The van der Waals surface area contributed by atoms with Crippen LogP contribution in [0.1, 0.15) is 24.0 Å². The lowest BCUT2D eigenvalue weighted by Gasteiger charge is -2.32. The summed E-state index contributed by atoms with van der Waals surface area (Å²) >= 11 is 6.40. The molecule has 5 heteroatoms. The van der Waals surface area contributed by atoms with Crippen LogP contribution in [-0.2, 0) is 6.42 Å². The third kappa shape index (κ3) is 4.07. The second-order valence-electron chi connectivity index (χ2n) is 6.89. The molecule has 0 radical (unpaired) electrons. The second-order valence-corrected chi connectivity index (χ2v) is 7.29. The number of likely N-dealkylation sites (tertiary alicyclic amines) is 1. The Morgan fingerprint density at radius 2 is 2.16 bits per heavy atom. The van der Waals surface area contributed by atoms with Crippen molar-refractivity contribution in [1.82, 2.24) is 10.2 Å². The number of dihydropyridines is 1. The van der Waals surface area contributed by atoms with Crippen LogP contribution in [-0.4, -0.2) is 49.9 Å². The summed E-state index contributed by atoms with van der Waals surface area (Å²) in [7, 11) is 0. The monoisotopic (exact) mass is 357 g/mol. The molecule has 0 unspecified atom stereocenters. The van der Waals surface area contributed by atoms with E-state index in [1.165, 1.54) is 11.1 Å². The zero-order chi connectivity index (χ0) is 17.1. The van der Waals surface area contributed by atoms with Gasteiger partial charge in [0.2, 0.25) is 0 Å². The van der Waals surface area contributed by atoms with E-state index in [2.05, 4.69) is 39.6 Å². The lowest BCUT2D eigenvalue weighted by molar-refractivity contribution is 0.106. The number of fused-ring (bicyclic) bond motifs is 1. The number of hydrogen-bond acceptors (Lipinski definition) is 4. The smallest absolute Gasteiger partial charge is 0.121 e. The Balaban J connectivity index is 1.33. The van der Waals surface area contributed by atoms with E-state index in [9.17, 15) is 0 Å². The highest BCUT2D eigenvalue weighted by Gasteiger charge is 2.22. The van der Waals surface area contributed by atoms with Crippen molar-refractivity contribution in [3.63, 3.8) is 0 Å². The largest absolute Gasteiger partial charge is 0.490 e. The Bertz CT molecular complexity index is 718. The van der Waals surface area contributed by atoms with Gasteiger partial charge in [-0.25, -0.2) is 0 Å². The average molecular weight is 358 g/mol. The normalized spacial score (nSPS) is 20.8. The fourth-order valence-electron chi connectivity index (χ4n) is 3.66. The summed E-state index contributed by atoms with van der Waals surface area (Å²) in [6, 6.07) is 4.08. The van der Waals surface area contributed by atoms with Gasteiger partial charge in [-0.2, -0.15) is 0 Å². The number of hydrogen-bond donors (Lipinski definition) is 1. The van der Waals surface area contributed by atoms with Crippen LogP contribution in [0.15, 0.2) is 41.1 Å². The van der Waals surface area contributed by atoms with E-state index in [1.54, 1.807) is 0 Å². The van der Waals surface area contributed by atoms with Crippen molar-refractivity contribution < 1.29 is 4.74 Å². The van der Waals surface area contributed by atoms with Gasteiger partial charge in [0.15, 0.2) is 0 Å². The number of ether oxygens (including phenoxy) is 1. The maximum absolute atomic E-state index is 6.40. The van der Waals surface area contributed by atoms with Crippen LogP contribution in [0.3, 0.4) is 0 Å². The van der Waals surface area contributed by atoms with Gasteiger partial charge < -0.3 is 10.1 Å². The Hall–Kier alpha value is -1.78. The van der Waals surface area contributed by atoms with E-state index in [1.807, 2.05) is 12.3 Å². The molecule has 0 atom stereocenters. The van der Waals surface area contributed by atoms with Crippen LogP contribution in [0.4, 0.5) is 0 Å². The van der Waals surface area contributed by atoms with Gasteiger partial charge in [0.25, 0.3) is 0 Å². The van der Waals surface area contributed by atoms with Crippen molar-refractivity contribution in [3.05, 3.63) is 52.2 Å². The van der Waals surface area contributed by atoms with Crippen LogP contribution in [0.2, 0.25) is 5.02 Å². The SMILES string of the molecule is Clc1cc(OC2CCN(CC3=CNCC=C3)CC2)cc2c1C=NCC2. The minimum absolute atomic E-state index is 0.275. The lowest BCUT2D eigenvalue weighted by Crippen LogP contribution is -2.39. The van der Waals surface area contributed by atoms with Crippen LogP contribution in [0.5, 0.6) is 5.75 Å². The van der Waals surface area contributed by atoms with Gasteiger partial charge in [-0.15, -0.1) is 0 Å². The minimum Gasteiger partial charge on any atom is -0.490 e. The molecular formula is C20H24ClN3O. The summed E-state index contributed by atoms with van der Waals surface area (Å²) in [5.41, 5.74) is 3.66. The van der Waals surface area contributed by atoms with Gasteiger partial charge in [-0.3, -0.25) is 9.89 Å². The standard InChI is InChI=1S/C20H24ClN3O/c21-20-11-18(10-16-3-7-23-13-19(16)20)25-17-4-8-24(9-5-17)14-15-2-1-6-22-12-15/h1-2,10-13,17,22H,3-9,14H2. The highest BCUT2D eigenvalue weighted by Crippen LogP contribution is 2.29. The summed E-state index contributed by atoms with van der Waals surface area (Å²) in [5, 5.41) is 4.02. The first-order valence-corrected chi connectivity index (χ1v) is 9.46. The first-order chi connectivity index (χ1) is 12.3. The molecule has 0 bridgehead atoms. The fourth-order valence-corrected chi connectivity index (χ4v) is 3.94. The molecule has 0 spiro atoms. The van der Waals surface area contributed by atoms with E-state index in [0.717, 1.165) is 68.3 Å². The third-order valence-electron chi connectivity index (χ3n) is 5.02. The molecule has 25 heavy (non-hydrogen) atoms. The number of aliphatic imine (C=N–C) groups is 1. The van der Waals surface area contributed by atoms with Crippen LogP contribution in [0, 0.1) is 0 Å². The summed E-state index contributed by atoms with van der Waals surface area (Å²) in [5.74, 6) is 0.902. The molecule has 3 aliphatic heterocycles. The zero-order valence-electron chi connectivity index (χ0n) is 14.4. The molecule has 1 saturated heterocycles. The molecule has 4 nitrogen and oxygen atoms in total. The molecule has 132 valence electrons. The highest BCUT2D eigenvalue weighted by molar-refractivity contribution is 6.33. The number of halogens is 1. The van der Waals surface area contributed by atoms with Crippen molar-refractivity contribution in [1.29, 1.82) is 0 Å². The number of nitrogens with zero attached hydrogens (tertiary/aromatic N) is 2. The number of piperidine rings is 1. The molecule has 0 aromatic heterocycles. The van der Waals surface area contributed by atoms with Crippen LogP contribution >= 0.6 is 11.6 Å². The topological polar surface area (TPSA) is 36.9 Å². The summed E-state index contributed by atoms with van der Waals surface area (Å²) in [6.07, 6.45) is 11.7. The molecule has 1 aromatic rings. The molecule has 4 rings (SSSR count). The molecule has 1 N–H and O–H groups in total. The van der Waals surface area contributed by atoms with E-state index < -0.39 is 0 Å². The summed E-state index contributed by atoms with van der Waals surface area (Å²) in [6.45, 7) is 4.93. The average Bonchev–Trinajstić information content (AvgIpc) is 2.64. The molecule has 3 heterocycles. The molecule has 0 aliphatic carbocycles. The Morgan fingerprint density at radius 3 is 2.96 bits per heavy atom. The third-order valence-corrected chi connectivity index (χ3v) is 5.33. The van der Waals surface area contributed by atoms with Crippen molar-refractivity contribution in [2.45, 2.75) is 25.4 Å². The van der Waals surface area contributed by atoms with E-state index in [4.69, 9.17) is 16.3 Å². The van der Waals surface area contributed by atoms with Gasteiger partial charge >= 0.3 is 0 Å². The van der Waals surface area contributed by atoms with Gasteiger partial charge in [0.1, 0.15) is 11.9 Å². The number of benzene rings is 1. The van der Waals surface area contributed by atoms with Crippen molar-refractivity contribution >= 4 is 17.8 Å². The fraction of sp³-hybridized carbons (Fsp3) is 0.450. The van der Waals surface area contributed by atoms with Crippen molar-refractivity contribution in [2.24, 2.45) is 4.99 Å². The first-order valence-electron chi connectivity index (χ1n) is 9.08. The van der Waals surface area contributed by atoms with Gasteiger partial charge in [-0.1, -0.05) is 23.8 Å². The number of rotatable bonds is 4. The van der Waals surface area contributed by atoms with Crippen molar-refractivity contribution in [2.75, 3.05) is 32.7 Å². The second kappa shape index (κ2) is 7.63. The predicted molar refractivity (Wildman–Crippen MR) is 103 cm³/mol. The molecular weight excluding hydrogens is 334 g/mol. The molecule has 0 saturated carbocycles. The first kappa shape index (κ1) is 16.7. The Labute approximate surface area is 154 Å². The molecule has 1 fully saturated rings. The molecule has 0 amide bonds. The molecule has 1 aromatic carbocycles. The molecule has 3 aliphatic rings. The van der Waals surface area contributed by atoms with Gasteiger partial charge in [0, 0.05) is 50.7 Å². The summed E-state index contributed by atoms with van der Waals surface area (Å²) in [4.78, 5) is 6.81. The van der Waals surface area contributed by atoms with E-state index in [0.29, 0.717) is 0 Å². The quantitative estimate of drug-likeness (QED) is 0.899. The van der Waals surface area contributed by atoms with Gasteiger partial charge in [0.05, 0.1) is 5.02 Å². The Kier molecular flexibility index (Phi) is 5.09. The van der Waals surface area contributed by atoms with Crippen molar-refractivity contribution in [3.8, 4) is 5.75 Å². The summed E-state index contributed by atoms with van der Waals surface area (Å²) < 4.78 is 6.24. The van der Waals surface area contributed by atoms with E-state index in [-0.39, 0.29) is 6.10 Å². The van der Waals surface area contributed by atoms with Crippen LogP contribution in [0.25, 0.3) is 0 Å². The Morgan fingerprint density at radius 1 is 1.28 bits per heavy atom. The lowest BCUT2D eigenvalue weighted by atomic mass is 10.0. The van der Waals surface area contributed by atoms with E-state index >= 15 is 0 Å². The minimum atomic E-state index is 0.275. The maximum Gasteiger partial charge on any atom is 0.121 e. The number of nitrogens with one attached hydrogen (secondary N) is 1. The van der Waals surface area contributed by atoms with Crippen LogP contribution < -0.4 is 10.1 Å². The highest BCUT2D eigenvalue weighted by atomic mass is 35.5. The maximum atomic E-state index is 6.40. The predicted octanol–water partition coefficient (Wildman–Crippen LogP) is 3.20.